The minimum Gasteiger partial charge on any atom is -0.383 e. The minimum atomic E-state index is -4.52. The van der Waals surface area contributed by atoms with Crippen molar-refractivity contribution < 1.29 is 18.3 Å². The van der Waals surface area contributed by atoms with Crippen LogP contribution in [0.5, 0.6) is 0 Å². The number of fused-ring (bicyclic) bond motifs is 2. The Kier molecular flexibility index (Phi) is 7.03. The number of nitrogen functional groups attached to an aromatic ring is 1. The molecule has 1 atom stereocenters. The maximum Gasteiger partial charge on any atom is 0.412 e. The van der Waals surface area contributed by atoms with Gasteiger partial charge in [-0.3, -0.25) is 0 Å². The number of rotatable bonds is 6. The quantitative estimate of drug-likeness (QED) is 0.300. The zero-order valence-electron chi connectivity index (χ0n) is 19.4. The second kappa shape index (κ2) is 10.2. The van der Waals surface area contributed by atoms with Crippen LogP contribution in [-0.4, -0.2) is 42.1 Å². The number of hydrogen-bond donors (Lipinski definition) is 2. The molecule has 0 saturated carbocycles. The van der Waals surface area contributed by atoms with Gasteiger partial charge < -0.3 is 10.8 Å². The molecular weight excluding hydrogens is 469 g/mol. The molecular formula is C26H23F3N6O. The first-order chi connectivity index (χ1) is 17.2. The third-order valence-corrected chi connectivity index (χ3v) is 5.41. The van der Waals surface area contributed by atoms with Gasteiger partial charge in [0.1, 0.15) is 23.9 Å². The monoisotopic (exact) mass is 492 g/mol. The first kappa shape index (κ1) is 24.9. The summed E-state index contributed by atoms with van der Waals surface area (Å²) in [5.74, 6) is 5.55. The maximum atomic E-state index is 13.8. The Hall–Kier alpha value is -4.23. The molecule has 0 bridgehead atoms. The van der Waals surface area contributed by atoms with Gasteiger partial charge in [-0.25, -0.2) is 19.6 Å². The number of pyridine rings is 1. The van der Waals surface area contributed by atoms with Crippen LogP contribution in [0, 0.1) is 11.8 Å². The van der Waals surface area contributed by atoms with Gasteiger partial charge in [0.25, 0.3) is 0 Å². The van der Waals surface area contributed by atoms with Crippen molar-refractivity contribution in [1.29, 1.82) is 0 Å². The van der Waals surface area contributed by atoms with Crippen LogP contribution < -0.4 is 5.73 Å². The fraction of sp³-hybridized carbons (Fsp3) is 0.231. The summed E-state index contributed by atoms with van der Waals surface area (Å²) in [6.07, 6.45) is -1.64. The van der Waals surface area contributed by atoms with Crippen LogP contribution in [-0.2, 0) is 6.54 Å². The van der Waals surface area contributed by atoms with Crippen LogP contribution in [0.3, 0.4) is 0 Å². The number of para-hydroxylation sites is 1. The van der Waals surface area contributed by atoms with Crippen molar-refractivity contribution in [3.05, 3.63) is 71.8 Å². The molecule has 7 nitrogen and oxygen atoms in total. The fourth-order valence-electron chi connectivity index (χ4n) is 3.71. The molecule has 3 heterocycles. The van der Waals surface area contributed by atoms with Gasteiger partial charge in [-0.1, -0.05) is 30.2 Å². The Morgan fingerprint density at radius 1 is 1.28 bits per heavy atom. The molecule has 0 unspecified atom stereocenters. The second-order valence-electron chi connectivity index (χ2n) is 8.13. The van der Waals surface area contributed by atoms with Crippen LogP contribution in [0.2, 0.25) is 0 Å². The van der Waals surface area contributed by atoms with E-state index >= 15 is 0 Å². The highest BCUT2D eigenvalue weighted by Gasteiger charge is 2.33. The number of halogens is 3. The van der Waals surface area contributed by atoms with E-state index in [-0.39, 0.29) is 36.6 Å². The summed E-state index contributed by atoms with van der Waals surface area (Å²) in [7, 11) is 0. The lowest BCUT2D eigenvalue weighted by Gasteiger charge is -2.14. The van der Waals surface area contributed by atoms with Gasteiger partial charge in [0.05, 0.1) is 23.1 Å². The van der Waals surface area contributed by atoms with Gasteiger partial charge in [-0.15, -0.1) is 6.58 Å². The van der Waals surface area contributed by atoms with Crippen LogP contribution in [0.25, 0.3) is 28.0 Å². The first-order valence-electron chi connectivity index (χ1n) is 11.1. The van der Waals surface area contributed by atoms with E-state index in [9.17, 15) is 18.3 Å². The lowest BCUT2D eigenvalue weighted by Crippen LogP contribution is -2.13. The molecule has 0 aliphatic rings. The second-order valence-corrected chi connectivity index (χ2v) is 8.13. The molecule has 0 spiro atoms. The van der Waals surface area contributed by atoms with E-state index in [1.807, 2.05) is 12.1 Å². The number of alkyl halides is 3. The predicted molar refractivity (Wildman–Crippen MR) is 133 cm³/mol. The van der Waals surface area contributed by atoms with Crippen LogP contribution in [0.15, 0.2) is 54.9 Å². The largest absolute Gasteiger partial charge is 0.412 e. The van der Waals surface area contributed by atoms with Gasteiger partial charge >= 0.3 is 6.18 Å². The van der Waals surface area contributed by atoms with E-state index in [4.69, 9.17) is 5.73 Å². The Morgan fingerprint density at radius 3 is 2.78 bits per heavy atom. The van der Waals surface area contributed by atoms with Crippen LogP contribution in [0.1, 0.15) is 36.7 Å². The Balaban J connectivity index is 1.90. The van der Waals surface area contributed by atoms with Gasteiger partial charge in [-0.2, -0.15) is 18.3 Å². The Bertz CT molecular complexity index is 1530. The van der Waals surface area contributed by atoms with Crippen LogP contribution in [0.4, 0.5) is 19.0 Å². The molecule has 0 amide bonds. The molecule has 3 N–H and O–H groups in total. The molecule has 0 aliphatic carbocycles. The van der Waals surface area contributed by atoms with Crippen molar-refractivity contribution in [3.8, 4) is 11.8 Å². The lowest BCUT2D eigenvalue weighted by molar-refractivity contribution is -0.0929. The molecule has 4 aromatic rings. The van der Waals surface area contributed by atoms with Crippen molar-refractivity contribution in [2.24, 2.45) is 0 Å². The van der Waals surface area contributed by atoms with E-state index in [0.29, 0.717) is 22.1 Å². The zero-order valence-corrected chi connectivity index (χ0v) is 19.4. The molecule has 0 radical (unpaired) electrons. The topological polar surface area (TPSA) is 103 Å². The minimum absolute atomic E-state index is 0.0551. The summed E-state index contributed by atoms with van der Waals surface area (Å²) in [5.41, 5.74) is 7.21. The molecule has 10 heteroatoms. The van der Waals surface area contributed by atoms with E-state index in [0.717, 1.165) is 11.5 Å². The number of aromatic nitrogens is 5. The molecule has 0 fully saturated rings. The van der Waals surface area contributed by atoms with Crippen molar-refractivity contribution >= 4 is 33.8 Å². The highest BCUT2D eigenvalue weighted by Crippen LogP contribution is 2.32. The summed E-state index contributed by atoms with van der Waals surface area (Å²) >= 11 is 0. The number of aliphatic hydroxyl groups excluding tert-OH is 1. The molecule has 0 aliphatic heterocycles. The molecule has 4 rings (SSSR count). The van der Waals surface area contributed by atoms with Gasteiger partial charge in [0, 0.05) is 11.0 Å². The number of allylic oxidation sites excluding steroid dienone is 2. The predicted octanol–water partition coefficient (Wildman–Crippen LogP) is 4.65. The summed E-state index contributed by atoms with van der Waals surface area (Å²) in [6, 6.07) is 8.97. The van der Waals surface area contributed by atoms with Crippen molar-refractivity contribution in [3.63, 3.8) is 0 Å². The molecule has 184 valence electrons. The maximum absolute atomic E-state index is 13.8. The highest BCUT2D eigenvalue weighted by atomic mass is 19.4. The summed E-state index contributed by atoms with van der Waals surface area (Å²) in [4.78, 5) is 12.8. The first-order valence-corrected chi connectivity index (χ1v) is 11.1. The van der Waals surface area contributed by atoms with Crippen molar-refractivity contribution in [2.45, 2.75) is 38.6 Å². The van der Waals surface area contributed by atoms with Gasteiger partial charge in [-0.05, 0) is 49.5 Å². The van der Waals surface area contributed by atoms with E-state index in [2.05, 4.69) is 38.5 Å². The Labute approximate surface area is 205 Å². The summed E-state index contributed by atoms with van der Waals surface area (Å²) in [5, 5.41) is 15.2. The SMILES string of the molecule is C=CCC/C(=C/c1nc2ccccc2cc1Cn1nc(C#C[C@@H](C)O)c2c(N)ncnc21)C(F)(F)F. The van der Waals surface area contributed by atoms with E-state index in [1.165, 1.54) is 24.0 Å². The third-order valence-electron chi connectivity index (χ3n) is 5.41. The molecule has 36 heavy (non-hydrogen) atoms. The highest BCUT2D eigenvalue weighted by molar-refractivity contribution is 5.90. The van der Waals surface area contributed by atoms with Crippen molar-refractivity contribution in [2.75, 3.05) is 5.73 Å². The third kappa shape index (κ3) is 5.37. The average Bonchev–Trinajstić information content (AvgIpc) is 3.18. The number of nitrogens with two attached hydrogens (primary N) is 1. The Morgan fingerprint density at radius 2 is 2.06 bits per heavy atom. The zero-order chi connectivity index (χ0) is 25.9. The summed E-state index contributed by atoms with van der Waals surface area (Å²) < 4.78 is 42.9. The molecule has 1 aromatic carbocycles. The van der Waals surface area contributed by atoms with E-state index in [1.54, 1.807) is 18.2 Å². The normalized spacial score (nSPS) is 13.0. The smallest absolute Gasteiger partial charge is 0.383 e. The number of hydrogen-bond acceptors (Lipinski definition) is 6. The molecule has 0 saturated heterocycles. The number of nitrogens with zero attached hydrogens (tertiary/aromatic N) is 5. The molecule has 3 aromatic heterocycles. The number of benzene rings is 1. The fourth-order valence-corrected chi connectivity index (χ4v) is 3.71. The number of anilines is 1. The van der Waals surface area contributed by atoms with Crippen LogP contribution >= 0.6 is 0 Å². The lowest BCUT2D eigenvalue weighted by atomic mass is 10.0. The van der Waals surface area contributed by atoms with Gasteiger partial charge in [0.2, 0.25) is 0 Å². The van der Waals surface area contributed by atoms with Gasteiger partial charge in [0.15, 0.2) is 5.65 Å². The number of aliphatic hydroxyl groups is 1. The average molecular weight is 493 g/mol. The van der Waals surface area contributed by atoms with Crippen molar-refractivity contribution in [1.82, 2.24) is 24.7 Å². The van der Waals surface area contributed by atoms with E-state index < -0.39 is 17.9 Å². The summed E-state index contributed by atoms with van der Waals surface area (Å²) in [6.45, 7) is 5.09. The standard InChI is InChI=1S/C26H23F3N6O/c1-3-4-8-19(26(27,28)29)13-22-18(12-17-7-5-6-9-20(17)33-22)14-35-25-23(24(30)31-15-32-25)21(34-35)11-10-16(2)36/h3,5-7,9,12-13,15-16,36H,1,4,8,14H2,2H3,(H2,30,31,32)/b19-13-/t16-/m1/s1.